The second-order valence-corrected chi connectivity index (χ2v) is 10.2. The van der Waals surface area contributed by atoms with Gasteiger partial charge in [0.15, 0.2) is 0 Å². The quantitative estimate of drug-likeness (QED) is 0.426. The van der Waals surface area contributed by atoms with E-state index in [0.717, 1.165) is 12.1 Å². The van der Waals surface area contributed by atoms with E-state index in [0.29, 0.717) is 56.6 Å². The van der Waals surface area contributed by atoms with Crippen molar-refractivity contribution in [3.63, 3.8) is 0 Å². The molecular formula is C28H29F5N6O2. The number of carbonyl (C=O) groups is 1. The van der Waals surface area contributed by atoms with Gasteiger partial charge in [-0.05, 0) is 44.2 Å². The summed E-state index contributed by atoms with van der Waals surface area (Å²) < 4.78 is 75.6. The molecule has 0 saturated carbocycles. The molecule has 218 valence electrons. The van der Waals surface area contributed by atoms with Crippen LogP contribution in [0.25, 0.3) is 11.1 Å². The Kier molecular flexibility index (Phi) is 8.09. The summed E-state index contributed by atoms with van der Waals surface area (Å²) in [5.74, 6) is -2.38. The second kappa shape index (κ2) is 11.6. The van der Waals surface area contributed by atoms with Crippen LogP contribution < -0.4 is 20.4 Å². The Morgan fingerprint density at radius 3 is 2.29 bits per heavy atom. The molecule has 41 heavy (non-hydrogen) atoms. The van der Waals surface area contributed by atoms with Crippen molar-refractivity contribution in [1.82, 2.24) is 15.3 Å². The number of anilines is 3. The van der Waals surface area contributed by atoms with Gasteiger partial charge in [0.05, 0.1) is 35.7 Å². The SMILES string of the molecule is C[C@@H]1CN(c2cc(F)c(-c3cnc(N4CCOCC4)nc3)cc2NC(=O)c2ccc(F)cc2C(F)(F)F)C[C@H](C)N1. The lowest BCUT2D eigenvalue weighted by Gasteiger charge is -2.38. The highest BCUT2D eigenvalue weighted by molar-refractivity contribution is 6.07. The third kappa shape index (κ3) is 6.41. The van der Waals surface area contributed by atoms with Gasteiger partial charge in [-0.3, -0.25) is 4.79 Å². The van der Waals surface area contributed by atoms with Crippen molar-refractivity contribution in [3.05, 3.63) is 65.5 Å². The molecule has 8 nitrogen and oxygen atoms in total. The fraction of sp³-hybridized carbons (Fsp3) is 0.393. The molecule has 0 aliphatic carbocycles. The highest BCUT2D eigenvalue weighted by atomic mass is 19.4. The maximum Gasteiger partial charge on any atom is 0.417 e. The van der Waals surface area contributed by atoms with Crippen LogP contribution in [0.2, 0.25) is 0 Å². The first-order valence-corrected chi connectivity index (χ1v) is 13.2. The van der Waals surface area contributed by atoms with Gasteiger partial charge in [0.1, 0.15) is 11.6 Å². The van der Waals surface area contributed by atoms with E-state index in [1.54, 1.807) is 0 Å². The van der Waals surface area contributed by atoms with Crippen molar-refractivity contribution in [2.24, 2.45) is 0 Å². The number of hydrogen-bond donors (Lipinski definition) is 2. The largest absolute Gasteiger partial charge is 0.417 e. The average molecular weight is 577 g/mol. The van der Waals surface area contributed by atoms with Crippen molar-refractivity contribution in [2.75, 3.05) is 54.5 Å². The van der Waals surface area contributed by atoms with E-state index >= 15 is 4.39 Å². The zero-order chi connectivity index (χ0) is 29.3. The molecule has 1 aromatic heterocycles. The van der Waals surface area contributed by atoms with Gasteiger partial charge in [0, 0.05) is 61.8 Å². The topological polar surface area (TPSA) is 82.6 Å². The number of ether oxygens (including phenoxy) is 1. The van der Waals surface area contributed by atoms with Gasteiger partial charge in [-0.25, -0.2) is 18.7 Å². The van der Waals surface area contributed by atoms with Crippen molar-refractivity contribution >= 4 is 23.2 Å². The first-order chi connectivity index (χ1) is 19.5. The molecule has 2 fully saturated rings. The number of alkyl halides is 3. The Morgan fingerprint density at radius 2 is 1.66 bits per heavy atom. The minimum absolute atomic E-state index is 0.0279. The molecule has 3 heterocycles. The van der Waals surface area contributed by atoms with Gasteiger partial charge < -0.3 is 25.2 Å². The van der Waals surface area contributed by atoms with Gasteiger partial charge in [-0.15, -0.1) is 0 Å². The van der Waals surface area contributed by atoms with Crippen LogP contribution in [0.5, 0.6) is 0 Å². The number of rotatable bonds is 5. The molecule has 2 aromatic carbocycles. The summed E-state index contributed by atoms with van der Waals surface area (Å²) in [7, 11) is 0. The van der Waals surface area contributed by atoms with Crippen LogP contribution in [-0.4, -0.2) is 67.4 Å². The van der Waals surface area contributed by atoms with Crippen molar-refractivity contribution < 1.29 is 31.5 Å². The molecule has 2 N–H and O–H groups in total. The lowest BCUT2D eigenvalue weighted by Crippen LogP contribution is -2.54. The molecule has 0 radical (unpaired) electrons. The maximum absolute atomic E-state index is 15.6. The van der Waals surface area contributed by atoms with Crippen LogP contribution in [0, 0.1) is 11.6 Å². The monoisotopic (exact) mass is 576 g/mol. The normalized spacial score (nSPS) is 19.8. The fourth-order valence-electron chi connectivity index (χ4n) is 5.19. The highest BCUT2D eigenvalue weighted by Crippen LogP contribution is 2.37. The third-order valence-electron chi connectivity index (χ3n) is 7.01. The van der Waals surface area contributed by atoms with E-state index in [9.17, 15) is 22.4 Å². The molecule has 13 heteroatoms. The smallest absolute Gasteiger partial charge is 0.378 e. The third-order valence-corrected chi connectivity index (χ3v) is 7.01. The van der Waals surface area contributed by atoms with Gasteiger partial charge in [0.2, 0.25) is 5.95 Å². The number of nitrogens with one attached hydrogen (secondary N) is 2. The molecule has 2 atom stereocenters. The van der Waals surface area contributed by atoms with Crippen LogP contribution in [0.4, 0.5) is 39.3 Å². The summed E-state index contributed by atoms with van der Waals surface area (Å²) in [5.41, 5.74) is -1.37. The van der Waals surface area contributed by atoms with Crippen LogP contribution in [0.3, 0.4) is 0 Å². The van der Waals surface area contributed by atoms with Gasteiger partial charge in [-0.1, -0.05) is 0 Å². The zero-order valence-corrected chi connectivity index (χ0v) is 22.4. The first-order valence-electron chi connectivity index (χ1n) is 13.2. The van der Waals surface area contributed by atoms with E-state index < -0.39 is 34.8 Å². The lowest BCUT2D eigenvalue weighted by atomic mass is 10.0. The number of benzene rings is 2. The van der Waals surface area contributed by atoms with Crippen LogP contribution in [0.15, 0.2) is 42.7 Å². The molecule has 2 aliphatic heterocycles. The van der Waals surface area contributed by atoms with Crippen molar-refractivity contribution in [2.45, 2.75) is 32.1 Å². The molecule has 1 amide bonds. The number of halogens is 5. The minimum atomic E-state index is -4.96. The van der Waals surface area contributed by atoms with Gasteiger partial charge in [-0.2, -0.15) is 13.2 Å². The summed E-state index contributed by atoms with van der Waals surface area (Å²) in [5, 5.41) is 5.90. The Labute approximate surface area is 233 Å². The molecule has 2 saturated heterocycles. The summed E-state index contributed by atoms with van der Waals surface area (Å²) in [6.07, 6.45) is -2.05. The Balaban J connectivity index is 1.53. The molecule has 0 spiro atoms. The number of morpholine rings is 1. The average Bonchev–Trinajstić information content (AvgIpc) is 2.93. The van der Waals surface area contributed by atoms with Gasteiger partial charge >= 0.3 is 6.18 Å². The second-order valence-electron chi connectivity index (χ2n) is 10.2. The Bertz CT molecular complexity index is 1400. The van der Waals surface area contributed by atoms with Crippen LogP contribution in [0.1, 0.15) is 29.8 Å². The molecule has 0 unspecified atom stereocenters. The Hall–Kier alpha value is -3.84. The van der Waals surface area contributed by atoms with E-state index in [4.69, 9.17) is 4.74 Å². The number of piperazine rings is 1. The van der Waals surface area contributed by atoms with E-state index in [2.05, 4.69) is 20.6 Å². The number of hydrogen-bond acceptors (Lipinski definition) is 7. The van der Waals surface area contributed by atoms with Crippen molar-refractivity contribution in [3.8, 4) is 11.1 Å². The predicted molar refractivity (Wildman–Crippen MR) is 144 cm³/mol. The van der Waals surface area contributed by atoms with E-state index in [1.807, 2.05) is 23.6 Å². The molecule has 3 aromatic rings. The van der Waals surface area contributed by atoms with Crippen LogP contribution in [-0.2, 0) is 10.9 Å². The molecule has 0 bridgehead atoms. The summed E-state index contributed by atoms with van der Waals surface area (Å²) in [6, 6.07) is 4.52. The zero-order valence-electron chi connectivity index (χ0n) is 22.4. The van der Waals surface area contributed by atoms with Crippen LogP contribution >= 0.6 is 0 Å². The maximum atomic E-state index is 15.6. The van der Waals surface area contributed by atoms with E-state index in [1.165, 1.54) is 24.5 Å². The number of carbonyl (C=O) groups excluding carboxylic acids is 1. The molecule has 2 aliphatic rings. The number of aromatic nitrogens is 2. The highest BCUT2D eigenvalue weighted by Gasteiger charge is 2.36. The van der Waals surface area contributed by atoms with E-state index in [-0.39, 0.29) is 29.4 Å². The number of nitrogens with zero attached hydrogens (tertiary/aromatic N) is 4. The number of amides is 1. The summed E-state index contributed by atoms with van der Waals surface area (Å²) in [6.45, 7) is 7.14. The predicted octanol–water partition coefficient (Wildman–Crippen LogP) is 4.72. The van der Waals surface area contributed by atoms with Crippen molar-refractivity contribution in [1.29, 1.82) is 0 Å². The summed E-state index contributed by atoms with van der Waals surface area (Å²) in [4.78, 5) is 25.7. The lowest BCUT2D eigenvalue weighted by molar-refractivity contribution is -0.138. The standard InChI is InChI=1S/C28H29F5N6O2/c1-16-14-39(15-17(2)36-16)25-11-23(30)21(18-12-34-27(35-13-18)38-5-7-41-8-6-38)10-24(25)37-26(40)20-4-3-19(29)9-22(20)28(31,32)33/h3-4,9-13,16-17,36H,5-8,14-15H2,1-2H3,(H,37,40)/t16-,17+. The minimum Gasteiger partial charge on any atom is -0.378 e. The fourth-order valence-corrected chi connectivity index (χ4v) is 5.19. The first kappa shape index (κ1) is 28.7. The summed E-state index contributed by atoms with van der Waals surface area (Å²) >= 11 is 0. The molecular weight excluding hydrogens is 547 g/mol. The Morgan fingerprint density at radius 1 is 1.00 bits per heavy atom. The molecule has 5 rings (SSSR count). The van der Waals surface area contributed by atoms with Gasteiger partial charge in [0.25, 0.3) is 5.91 Å².